The molecule has 0 aromatic rings. The molecule has 18 heavy (non-hydrogen) atoms. The Balaban J connectivity index is 2.31. The Morgan fingerprint density at radius 2 is 1.61 bits per heavy atom. The molecular weight excluding hydrogens is 242 g/mol. The van der Waals surface area contributed by atoms with Gasteiger partial charge in [0, 0.05) is 12.8 Å². The van der Waals surface area contributed by atoms with Crippen LogP contribution in [0, 0.1) is 0 Å². The standard InChI is InChI=1S/C11H15NO6/c1-7(2)17-10(15)5-6-11(16)18-12-8(13)3-4-9(12)14/h7H,3-6H2,1-2H3. The normalized spacial score (nSPS) is 15.2. The number of carbonyl (C=O) groups excluding carboxylic acids is 4. The summed E-state index contributed by atoms with van der Waals surface area (Å²) in [4.78, 5) is 49.3. The molecule has 0 aromatic heterocycles. The molecule has 0 aliphatic carbocycles. The fraction of sp³-hybridized carbons (Fsp3) is 0.636. The molecule has 0 aromatic carbocycles. The number of hydrogen-bond acceptors (Lipinski definition) is 6. The lowest BCUT2D eigenvalue weighted by atomic mass is 10.3. The van der Waals surface area contributed by atoms with Crippen LogP contribution in [0.2, 0.25) is 0 Å². The van der Waals surface area contributed by atoms with Crippen molar-refractivity contribution in [1.29, 1.82) is 0 Å². The molecule has 0 N–H and O–H groups in total. The second kappa shape index (κ2) is 6.13. The number of hydrogen-bond donors (Lipinski definition) is 0. The molecule has 100 valence electrons. The first-order valence-corrected chi connectivity index (χ1v) is 5.66. The maximum absolute atomic E-state index is 11.3. The van der Waals surface area contributed by atoms with Crippen molar-refractivity contribution in [3.63, 3.8) is 0 Å². The lowest BCUT2D eigenvalue weighted by Gasteiger charge is -2.12. The second-order valence-electron chi connectivity index (χ2n) is 4.08. The van der Waals surface area contributed by atoms with Crippen LogP contribution < -0.4 is 0 Å². The van der Waals surface area contributed by atoms with Crippen molar-refractivity contribution in [2.75, 3.05) is 0 Å². The number of nitrogens with zero attached hydrogens (tertiary/aromatic N) is 1. The van der Waals surface area contributed by atoms with Crippen LogP contribution in [0.4, 0.5) is 0 Å². The van der Waals surface area contributed by atoms with Gasteiger partial charge in [0.1, 0.15) is 0 Å². The molecule has 1 fully saturated rings. The van der Waals surface area contributed by atoms with Crippen LogP contribution in [0.3, 0.4) is 0 Å². The van der Waals surface area contributed by atoms with Gasteiger partial charge in [-0.25, -0.2) is 4.79 Å². The van der Waals surface area contributed by atoms with E-state index < -0.39 is 23.8 Å². The smallest absolute Gasteiger partial charge is 0.333 e. The first-order chi connectivity index (χ1) is 8.40. The monoisotopic (exact) mass is 257 g/mol. The average molecular weight is 257 g/mol. The Hall–Kier alpha value is -1.92. The number of ether oxygens (including phenoxy) is 1. The fourth-order valence-corrected chi connectivity index (χ4v) is 1.33. The van der Waals surface area contributed by atoms with E-state index in [1.165, 1.54) is 0 Å². The first-order valence-electron chi connectivity index (χ1n) is 5.66. The SMILES string of the molecule is CC(C)OC(=O)CCC(=O)ON1C(=O)CCC1=O. The molecule has 0 bridgehead atoms. The van der Waals surface area contributed by atoms with Crippen LogP contribution in [-0.2, 0) is 28.8 Å². The van der Waals surface area contributed by atoms with E-state index >= 15 is 0 Å². The summed E-state index contributed by atoms with van der Waals surface area (Å²) in [5.41, 5.74) is 0. The van der Waals surface area contributed by atoms with Crippen molar-refractivity contribution in [1.82, 2.24) is 5.06 Å². The highest BCUT2D eigenvalue weighted by Gasteiger charge is 2.32. The highest BCUT2D eigenvalue weighted by atomic mass is 16.7. The zero-order valence-corrected chi connectivity index (χ0v) is 10.3. The van der Waals surface area contributed by atoms with Gasteiger partial charge in [0.05, 0.1) is 18.9 Å². The minimum Gasteiger partial charge on any atom is -0.463 e. The van der Waals surface area contributed by atoms with Crippen molar-refractivity contribution in [2.45, 2.75) is 45.6 Å². The summed E-state index contributed by atoms with van der Waals surface area (Å²) in [6.45, 7) is 3.38. The van der Waals surface area contributed by atoms with Gasteiger partial charge in [0.2, 0.25) is 0 Å². The lowest BCUT2D eigenvalue weighted by Crippen LogP contribution is -2.32. The van der Waals surface area contributed by atoms with Crippen LogP contribution in [0.5, 0.6) is 0 Å². The van der Waals surface area contributed by atoms with Gasteiger partial charge in [-0.1, -0.05) is 0 Å². The van der Waals surface area contributed by atoms with Crippen LogP contribution in [-0.4, -0.2) is 34.9 Å². The van der Waals surface area contributed by atoms with Crippen molar-refractivity contribution < 1.29 is 28.8 Å². The van der Waals surface area contributed by atoms with Gasteiger partial charge in [-0.2, -0.15) is 0 Å². The molecule has 1 saturated heterocycles. The number of imide groups is 1. The molecule has 1 heterocycles. The Kier molecular flexibility index (Phi) is 4.82. The van der Waals surface area contributed by atoms with E-state index in [-0.39, 0.29) is 31.8 Å². The van der Waals surface area contributed by atoms with Crippen LogP contribution in [0.25, 0.3) is 0 Å². The van der Waals surface area contributed by atoms with Crippen LogP contribution in [0.15, 0.2) is 0 Å². The van der Waals surface area contributed by atoms with E-state index in [2.05, 4.69) is 4.84 Å². The van der Waals surface area contributed by atoms with Gasteiger partial charge in [0.15, 0.2) is 0 Å². The van der Waals surface area contributed by atoms with Gasteiger partial charge >= 0.3 is 11.9 Å². The van der Waals surface area contributed by atoms with Gasteiger partial charge in [-0.05, 0) is 13.8 Å². The molecule has 7 heteroatoms. The van der Waals surface area contributed by atoms with Gasteiger partial charge in [-0.3, -0.25) is 14.4 Å². The second-order valence-corrected chi connectivity index (χ2v) is 4.08. The van der Waals surface area contributed by atoms with Gasteiger partial charge in [-0.15, -0.1) is 5.06 Å². The predicted molar refractivity (Wildman–Crippen MR) is 57.6 cm³/mol. The summed E-state index contributed by atoms with van der Waals surface area (Å²) >= 11 is 0. The Morgan fingerprint density at radius 3 is 2.11 bits per heavy atom. The largest absolute Gasteiger partial charge is 0.463 e. The molecule has 1 rings (SSSR count). The molecule has 1 aliphatic rings. The summed E-state index contributed by atoms with van der Waals surface area (Å²) in [5, 5.41) is 0.454. The summed E-state index contributed by atoms with van der Waals surface area (Å²) in [7, 11) is 0. The van der Waals surface area contributed by atoms with E-state index in [1.807, 2.05) is 0 Å². The summed E-state index contributed by atoms with van der Waals surface area (Å²) in [6.07, 6.45) is -0.547. The number of hydroxylamine groups is 2. The summed E-state index contributed by atoms with van der Waals surface area (Å²) < 4.78 is 4.82. The maximum atomic E-state index is 11.3. The quantitative estimate of drug-likeness (QED) is 0.520. The fourth-order valence-electron chi connectivity index (χ4n) is 1.33. The minimum absolute atomic E-state index is 0.0432. The van der Waals surface area contributed by atoms with E-state index in [0.29, 0.717) is 5.06 Å². The summed E-state index contributed by atoms with van der Waals surface area (Å²) in [6, 6.07) is 0. The molecule has 0 saturated carbocycles. The van der Waals surface area contributed by atoms with Gasteiger partial charge in [0.25, 0.3) is 11.8 Å². The van der Waals surface area contributed by atoms with Crippen molar-refractivity contribution in [2.24, 2.45) is 0 Å². The van der Waals surface area contributed by atoms with Crippen molar-refractivity contribution >= 4 is 23.8 Å². The van der Waals surface area contributed by atoms with E-state index in [1.54, 1.807) is 13.8 Å². The third-order valence-electron chi connectivity index (χ3n) is 2.10. The number of esters is 1. The lowest BCUT2D eigenvalue weighted by molar-refractivity contribution is -0.197. The van der Waals surface area contributed by atoms with E-state index in [9.17, 15) is 19.2 Å². The molecule has 1 aliphatic heterocycles. The molecule has 0 spiro atoms. The third-order valence-corrected chi connectivity index (χ3v) is 2.10. The van der Waals surface area contributed by atoms with Crippen LogP contribution in [0.1, 0.15) is 39.5 Å². The average Bonchev–Trinajstić information content (AvgIpc) is 2.57. The Labute approximate surface area is 104 Å². The third kappa shape index (κ3) is 4.15. The minimum atomic E-state index is -0.806. The topological polar surface area (TPSA) is 90.0 Å². The number of carbonyl (C=O) groups is 4. The Bertz CT molecular complexity index is 360. The first kappa shape index (κ1) is 14.1. The molecule has 0 radical (unpaired) electrons. The number of rotatable bonds is 5. The van der Waals surface area contributed by atoms with E-state index in [0.717, 1.165) is 0 Å². The Morgan fingerprint density at radius 1 is 1.11 bits per heavy atom. The maximum Gasteiger partial charge on any atom is 0.333 e. The zero-order chi connectivity index (χ0) is 13.7. The molecule has 0 unspecified atom stereocenters. The molecular formula is C11H15NO6. The highest BCUT2D eigenvalue weighted by Crippen LogP contribution is 2.13. The van der Waals surface area contributed by atoms with Crippen molar-refractivity contribution in [3.8, 4) is 0 Å². The molecule has 2 amide bonds. The summed E-state index contributed by atoms with van der Waals surface area (Å²) in [5.74, 6) is -2.42. The van der Waals surface area contributed by atoms with Gasteiger partial charge < -0.3 is 9.57 Å². The van der Waals surface area contributed by atoms with Crippen molar-refractivity contribution in [3.05, 3.63) is 0 Å². The predicted octanol–water partition coefficient (Wildman–Crippen LogP) is 0.325. The highest BCUT2D eigenvalue weighted by molar-refractivity contribution is 6.01. The zero-order valence-electron chi connectivity index (χ0n) is 10.3. The number of amides is 2. The van der Waals surface area contributed by atoms with Crippen LogP contribution >= 0.6 is 0 Å². The molecule has 0 atom stereocenters. The molecule has 7 nitrogen and oxygen atoms in total. The van der Waals surface area contributed by atoms with E-state index in [4.69, 9.17) is 4.74 Å².